The molecule has 0 saturated heterocycles. The lowest BCUT2D eigenvalue weighted by atomic mass is 9.89. The number of halogens is 8. The molecule has 1 aliphatic heterocycles. The van der Waals surface area contributed by atoms with Crippen molar-refractivity contribution in [3.63, 3.8) is 0 Å². The first kappa shape index (κ1) is 47.0. The maximum absolute atomic E-state index is 14.9. The fourth-order valence-electron chi connectivity index (χ4n) is 8.29. The number of nitrogens with one attached hydrogen (secondary N) is 1. The van der Waals surface area contributed by atoms with Crippen molar-refractivity contribution < 1.29 is 31.4 Å². The minimum atomic E-state index is -5.18. The smallest absolute Gasteiger partial charge is 0.416 e. The quantitative estimate of drug-likeness (QED) is 0.0538. The fourth-order valence-corrected chi connectivity index (χ4v) is 9.61. The molecule has 0 saturated carbocycles. The van der Waals surface area contributed by atoms with Gasteiger partial charge in [0.2, 0.25) is 5.88 Å². The first-order valence-corrected chi connectivity index (χ1v) is 22.5. The lowest BCUT2D eigenvalue weighted by molar-refractivity contribution is -0.143. The Kier molecular flexibility index (Phi) is 14.5. The molecule has 3 aromatic carbocycles. The summed E-state index contributed by atoms with van der Waals surface area (Å²) >= 11 is 7.10. The minimum absolute atomic E-state index is 0.00308. The molecule has 0 radical (unpaired) electrons. The van der Waals surface area contributed by atoms with Crippen molar-refractivity contribution in [2.24, 2.45) is 4.99 Å². The molecule has 2 heterocycles. The molecule has 0 amide bonds. The van der Waals surface area contributed by atoms with Gasteiger partial charge in [-0.05, 0) is 100 Å². The number of hydrogen-bond donors (Lipinski definition) is 2. The van der Waals surface area contributed by atoms with Gasteiger partial charge >= 0.3 is 12.4 Å². The average molecular weight is 995 g/mol. The Balaban J connectivity index is 1.78. The van der Waals surface area contributed by atoms with E-state index in [0.717, 1.165) is 71.6 Å². The number of aromatic hydroxyl groups is 1. The number of benzene rings is 4. The van der Waals surface area contributed by atoms with Crippen molar-refractivity contribution in [1.82, 2.24) is 9.13 Å². The second kappa shape index (κ2) is 19.1. The van der Waals surface area contributed by atoms with E-state index in [4.69, 9.17) is 4.99 Å². The highest BCUT2D eigenvalue weighted by atomic mass is 79.9. The van der Waals surface area contributed by atoms with Crippen LogP contribution in [0.2, 0.25) is 0 Å². The molecule has 0 fully saturated rings. The van der Waals surface area contributed by atoms with E-state index in [0.29, 0.717) is 43.5 Å². The molecule has 0 unspecified atom stereocenters. The lowest BCUT2D eigenvalue weighted by Crippen LogP contribution is -2.37. The summed E-state index contributed by atoms with van der Waals surface area (Å²) in [5.41, 5.74) is -4.28. The van der Waals surface area contributed by atoms with Gasteiger partial charge in [-0.25, -0.2) is 4.99 Å². The van der Waals surface area contributed by atoms with Crippen LogP contribution >= 0.6 is 31.9 Å². The van der Waals surface area contributed by atoms with Crippen LogP contribution in [-0.4, -0.2) is 14.2 Å². The highest BCUT2D eigenvalue weighted by molar-refractivity contribution is 9.11. The van der Waals surface area contributed by atoms with E-state index in [9.17, 15) is 45.8 Å². The molecule has 4 aromatic rings. The number of pyridine rings is 2. The van der Waals surface area contributed by atoms with Gasteiger partial charge in [0.15, 0.2) is 0 Å². The van der Waals surface area contributed by atoms with Crippen molar-refractivity contribution >= 4 is 70.5 Å². The average Bonchev–Trinajstić information content (AvgIpc) is 3.18. The monoisotopic (exact) mass is 992 g/mol. The Hall–Kier alpha value is -4.44. The molecule has 6 rings (SSSR count). The van der Waals surface area contributed by atoms with Crippen LogP contribution in [0, 0.1) is 13.8 Å². The summed E-state index contributed by atoms with van der Waals surface area (Å²) in [6.07, 6.45) is -0.350. The zero-order valence-corrected chi connectivity index (χ0v) is 38.1. The van der Waals surface area contributed by atoms with Crippen LogP contribution in [0.1, 0.15) is 113 Å². The molecule has 1 aromatic heterocycles. The van der Waals surface area contributed by atoms with E-state index in [1.807, 2.05) is 19.9 Å². The topological polar surface area (TPSA) is 106 Å². The van der Waals surface area contributed by atoms with Crippen LogP contribution in [-0.2, 0) is 25.4 Å². The van der Waals surface area contributed by atoms with E-state index >= 15 is 0 Å². The summed E-state index contributed by atoms with van der Waals surface area (Å²) in [6, 6.07) is 6.46. The fraction of sp³-hybridized carbons (Fsp3) is 0.435. The first-order valence-electron chi connectivity index (χ1n) is 21.0. The lowest BCUT2D eigenvalue weighted by Gasteiger charge is -2.25. The molecule has 0 bridgehead atoms. The van der Waals surface area contributed by atoms with Crippen LogP contribution in [0.3, 0.4) is 0 Å². The van der Waals surface area contributed by atoms with Crippen LogP contribution < -0.4 is 27.4 Å². The number of anilines is 2. The first-order chi connectivity index (χ1) is 29.3. The summed E-state index contributed by atoms with van der Waals surface area (Å²) in [6.45, 7) is 7.88. The Morgan fingerprint density at radius 3 is 1.63 bits per heavy atom. The summed E-state index contributed by atoms with van der Waals surface area (Å²) in [5.74, 6) is -0.658. The van der Waals surface area contributed by atoms with Crippen molar-refractivity contribution in [2.75, 3.05) is 5.32 Å². The molecule has 1 aliphatic carbocycles. The van der Waals surface area contributed by atoms with Gasteiger partial charge in [0, 0.05) is 29.7 Å². The zero-order valence-electron chi connectivity index (χ0n) is 34.9. The molecule has 62 heavy (non-hydrogen) atoms. The molecule has 332 valence electrons. The third kappa shape index (κ3) is 9.56. The summed E-state index contributed by atoms with van der Waals surface area (Å²) in [5, 5.41) is 14.4. The number of nitrogens with zero attached hydrogens (tertiary/aromatic N) is 3. The van der Waals surface area contributed by atoms with Gasteiger partial charge in [0.1, 0.15) is 0 Å². The van der Waals surface area contributed by atoms with Crippen molar-refractivity contribution in [2.45, 2.75) is 130 Å². The van der Waals surface area contributed by atoms with Crippen molar-refractivity contribution in [3.05, 3.63) is 104 Å². The summed E-state index contributed by atoms with van der Waals surface area (Å²) in [4.78, 5) is 49.3. The predicted octanol–water partition coefficient (Wildman–Crippen LogP) is 13.2. The molecule has 0 atom stereocenters. The third-order valence-corrected chi connectivity index (χ3v) is 12.8. The van der Waals surface area contributed by atoms with Crippen LogP contribution in [0.5, 0.6) is 5.88 Å². The van der Waals surface area contributed by atoms with Crippen LogP contribution in [0.15, 0.2) is 64.7 Å². The van der Waals surface area contributed by atoms with Gasteiger partial charge in [0.05, 0.1) is 58.5 Å². The van der Waals surface area contributed by atoms with Gasteiger partial charge < -0.3 is 10.4 Å². The van der Waals surface area contributed by atoms with E-state index in [1.165, 1.54) is 0 Å². The van der Waals surface area contributed by atoms with Crippen molar-refractivity contribution in [1.29, 1.82) is 0 Å². The third-order valence-electron chi connectivity index (χ3n) is 11.2. The number of rotatable bonds is 17. The van der Waals surface area contributed by atoms with Gasteiger partial charge in [-0.3, -0.25) is 23.5 Å². The standard InChI is InChI=1S/C46H48Br2F6N4O4/c1-5-7-9-11-13-15-17-57-41(59)33-31-32-35(39(37(33)47)55-29-20-25(3)19-26(4)21-29)43(61)58(18-16-14-12-10-8-6-2)44(62)36(32)40(38(48)34(31)42(57)60)56-30-23-27(45(49,50)51)22-28(24-30)46(52,53)54/h19-24,56,62H,5-18H2,1-4H3. The minimum Gasteiger partial charge on any atom is -0.494 e. The normalized spacial score (nSPS) is 12.8. The van der Waals surface area contributed by atoms with Gasteiger partial charge in [-0.2, -0.15) is 26.3 Å². The number of aromatic nitrogens is 2. The Morgan fingerprint density at radius 1 is 0.597 bits per heavy atom. The Labute approximate surface area is 371 Å². The maximum Gasteiger partial charge on any atom is 0.416 e. The largest absolute Gasteiger partial charge is 0.494 e. The molecule has 0 spiro atoms. The second-order valence-corrected chi connectivity index (χ2v) is 17.6. The number of aryl methyl sites for hydroxylation is 2. The summed E-state index contributed by atoms with van der Waals surface area (Å²) in [7, 11) is 0. The Bertz CT molecular complexity index is 2770. The van der Waals surface area contributed by atoms with Crippen LogP contribution in [0.4, 0.5) is 43.4 Å². The maximum atomic E-state index is 14.9. The van der Waals surface area contributed by atoms with E-state index in [-0.39, 0.29) is 71.8 Å². The van der Waals surface area contributed by atoms with E-state index in [2.05, 4.69) is 51.0 Å². The summed E-state index contributed by atoms with van der Waals surface area (Å²) < 4.78 is 87.0. The number of hydrogen-bond acceptors (Lipinski definition) is 6. The highest BCUT2D eigenvalue weighted by Crippen LogP contribution is 2.49. The number of unbranched alkanes of at least 4 members (excludes halogenated alkanes) is 10. The zero-order chi connectivity index (χ0) is 45.3. The van der Waals surface area contributed by atoms with Crippen molar-refractivity contribution in [3.8, 4) is 17.0 Å². The molecule has 2 aliphatic rings. The van der Waals surface area contributed by atoms with Crippen LogP contribution in [0.25, 0.3) is 32.7 Å². The Morgan fingerprint density at radius 2 is 1.10 bits per heavy atom. The molecule has 2 N–H and O–H groups in total. The van der Waals surface area contributed by atoms with Gasteiger partial charge in [-0.15, -0.1) is 0 Å². The SMILES string of the molecule is CCCCCCCCn1c(O)c2c(Nc3cc(C(F)(F)F)cc(C(F)(F)F)c3)c(Br)c3c4c2c(c(=Nc2cc(C)cc(C)c2)c(Br)c-4c(=O)n(CCCCCCCC)c3=O)c1=O. The second-order valence-electron chi connectivity index (χ2n) is 16.1. The molecule has 16 heteroatoms. The molecular formula is C46H48Br2F6N4O4. The van der Waals surface area contributed by atoms with Gasteiger partial charge in [0.25, 0.3) is 16.7 Å². The molecule has 8 nitrogen and oxygen atoms in total. The van der Waals surface area contributed by atoms with E-state index < -0.39 is 51.7 Å². The van der Waals surface area contributed by atoms with Gasteiger partial charge in [-0.1, -0.05) is 84.1 Å². The highest BCUT2D eigenvalue weighted by Gasteiger charge is 2.38. The predicted molar refractivity (Wildman–Crippen MR) is 240 cm³/mol. The van der Waals surface area contributed by atoms with E-state index in [1.54, 1.807) is 12.1 Å². The number of alkyl halides is 6. The molecular weight excluding hydrogens is 946 g/mol.